The Bertz CT molecular complexity index is 1220. The summed E-state index contributed by atoms with van der Waals surface area (Å²) in [5.41, 5.74) is 6.21. The maximum Gasteiger partial charge on any atom is 0.247 e. The van der Waals surface area contributed by atoms with Gasteiger partial charge in [0.25, 0.3) is 0 Å². The molecule has 0 aliphatic heterocycles. The Morgan fingerprint density at radius 3 is 2.33 bits per heavy atom. The molecule has 1 aromatic heterocycles. The minimum absolute atomic E-state index is 0. The predicted molar refractivity (Wildman–Crippen MR) is 146 cm³/mol. The van der Waals surface area contributed by atoms with Crippen LogP contribution in [0.4, 0.5) is 5.69 Å². The quantitative estimate of drug-likeness (QED) is 0.388. The Kier molecular flexibility index (Phi) is 6.76. The minimum atomic E-state index is 0. The predicted octanol–water partition coefficient (Wildman–Crippen LogP) is 7.64. The van der Waals surface area contributed by atoms with E-state index in [0.29, 0.717) is 18.2 Å². The van der Waals surface area contributed by atoms with Crippen LogP contribution in [0.1, 0.15) is 96.6 Å². The number of anilines is 1. The smallest absolute Gasteiger partial charge is 0.247 e. The number of aryl methyl sites for hydroxylation is 2. The van der Waals surface area contributed by atoms with Crippen molar-refractivity contribution in [1.82, 2.24) is 10.2 Å². The number of hydrogen-bond donors (Lipinski definition) is 1. The molecular weight excluding hydrogens is 446 g/mol. The van der Waals surface area contributed by atoms with Crippen molar-refractivity contribution in [3.05, 3.63) is 65.0 Å². The molecule has 1 N–H and O–H groups in total. The van der Waals surface area contributed by atoms with Gasteiger partial charge in [0.05, 0.1) is 0 Å². The van der Waals surface area contributed by atoms with Gasteiger partial charge in [-0.25, -0.2) is 0 Å². The SMILES string of the molecule is CC1(C)CCC(C)(C)c2cc(-c3nnc(CCc4ccc(NC(=O)C5CCCCC5)cc4)o3)ccc21.[HH]. The third-order valence-corrected chi connectivity index (χ3v) is 8.39. The first-order valence-corrected chi connectivity index (χ1v) is 13.6. The highest BCUT2D eigenvalue weighted by molar-refractivity contribution is 5.92. The van der Waals surface area contributed by atoms with E-state index in [2.05, 4.69) is 73.5 Å². The van der Waals surface area contributed by atoms with Crippen molar-refractivity contribution in [2.24, 2.45) is 5.92 Å². The van der Waals surface area contributed by atoms with Crippen LogP contribution in [0.2, 0.25) is 0 Å². The summed E-state index contributed by atoms with van der Waals surface area (Å²) in [5, 5.41) is 11.8. The van der Waals surface area contributed by atoms with Gasteiger partial charge in [0.2, 0.25) is 17.7 Å². The third kappa shape index (κ3) is 5.25. The van der Waals surface area contributed by atoms with Gasteiger partial charge in [0.15, 0.2) is 0 Å². The van der Waals surface area contributed by atoms with Crippen LogP contribution in [0.15, 0.2) is 46.9 Å². The largest absolute Gasteiger partial charge is 0.421 e. The van der Waals surface area contributed by atoms with Gasteiger partial charge in [-0.1, -0.05) is 65.2 Å². The molecule has 5 rings (SSSR count). The molecule has 1 saturated carbocycles. The second-order valence-electron chi connectivity index (χ2n) is 12.1. The van der Waals surface area contributed by atoms with Crippen LogP contribution in [-0.4, -0.2) is 16.1 Å². The van der Waals surface area contributed by atoms with Gasteiger partial charge in [-0.2, -0.15) is 0 Å². The topological polar surface area (TPSA) is 68.0 Å². The van der Waals surface area contributed by atoms with E-state index in [1.54, 1.807) is 0 Å². The molecule has 1 fully saturated rings. The number of amides is 1. The fourth-order valence-electron chi connectivity index (χ4n) is 5.81. The molecule has 2 aliphatic carbocycles. The molecule has 1 amide bonds. The van der Waals surface area contributed by atoms with E-state index in [-0.39, 0.29) is 24.1 Å². The summed E-state index contributed by atoms with van der Waals surface area (Å²) in [6, 6.07) is 14.8. The van der Waals surface area contributed by atoms with E-state index in [1.165, 1.54) is 36.0 Å². The lowest BCUT2D eigenvalue weighted by Gasteiger charge is -2.41. The van der Waals surface area contributed by atoms with Crippen LogP contribution in [0, 0.1) is 5.92 Å². The molecule has 0 atom stereocenters. The second kappa shape index (κ2) is 9.84. The maximum absolute atomic E-state index is 12.5. The summed E-state index contributed by atoms with van der Waals surface area (Å²) in [7, 11) is 0. The molecule has 192 valence electrons. The fraction of sp³-hybridized carbons (Fsp3) is 0.516. The first-order valence-electron chi connectivity index (χ1n) is 13.6. The molecule has 0 bridgehead atoms. The first-order chi connectivity index (χ1) is 17.2. The van der Waals surface area contributed by atoms with Gasteiger partial charge in [-0.15, -0.1) is 10.2 Å². The average molecular weight is 488 g/mol. The molecule has 5 heteroatoms. The number of fused-ring (bicyclic) bond motifs is 1. The van der Waals surface area contributed by atoms with Crippen molar-refractivity contribution in [3.63, 3.8) is 0 Å². The van der Waals surface area contributed by atoms with Crippen molar-refractivity contribution in [1.29, 1.82) is 0 Å². The van der Waals surface area contributed by atoms with E-state index >= 15 is 0 Å². The van der Waals surface area contributed by atoms with Crippen LogP contribution in [0.3, 0.4) is 0 Å². The maximum atomic E-state index is 12.5. The van der Waals surface area contributed by atoms with Crippen molar-refractivity contribution >= 4 is 11.6 Å². The van der Waals surface area contributed by atoms with Gasteiger partial charge < -0.3 is 9.73 Å². The zero-order valence-electron chi connectivity index (χ0n) is 22.2. The molecule has 2 aliphatic rings. The van der Waals surface area contributed by atoms with Gasteiger partial charge in [-0.05, 0) is 83.9 Å². The highest BCUT2D eigenvalue weighted by Crippen LogP contribution is 2.46. The molecule has 0 unspecified atom stereocenters. The summed E-state index contributed by atoms with van der Waals surface area (Å²) >= 11 is 0. The van der Waals surface area contributed by atoms with Crippen LogP contribution >= 0.6 is 0 Å². The number of carbonyl (C=O) groups excluding carboxylic acids is 1. The summed E-state index contributed by atoms with van der Waals surface area (Å²) in [6.45, 7) is 9.33. The van der Waals surface area contributed by atoms with E-state index in [4.69, 9.17) is 4.42 Å². The van der Waals surface area contributed by atoms with E-state index in [0.717, 1.165) is 43.4 Å². The number of aromatic nitrogens is 2. The number of hydrogen-bond acceptors (Lipinski definition) is 4. The first kappa shape index (κ1) is 24.7. The summed E-state index contributed by atoms with van der Waals surface area (Å²) in [4.78, 5) is 12.5. The lowest BCUT2D eigenvalue weighted by atomic mass is 9.63. The molecular formula is C31H41N3O2. The number of rotatable bonds is 6. The Balaban J connectivity index is 0.00000320. The number of benzene rings is 2. The molecule has 3 aromatic rings. The fourth-order valence-corrected chi connectivity index (χ4v) is 5.81. The molecule has 2 aromatic carbocycles. The molecule has 36 heavy (non-hydrogen) atoms. The normalized spacial score (nSPS) is 19.0. The highest BCUT2D eigenvalue weighted by atomic mass is 16.4. The minimum Gasteiger partial charge on any atom is -0.421 e. The zero-order chi connectivity index (χ0) is 25.3. The average Bonchev–Trinajstić information content (AvgIpc) is 3.36. The molecule has 0 saturated heterocycles. The van der Waals surface area contributed by atoms with Crippen LogP contribution in [0.5, 0.6) is 0 Å². The van der Waals surface area contributed by atoms with Crippen LogP contribution in [0.25, 0.3) is 11.5 Å². The third-order valence-electron chi connectivity index (χ3n) is 8.39. The number of nitrogens with one attached hydrogen (secondary N) is 1. The summed E-state index contributed by atoms with van der Waals surface area (Å²) < 4.78 is 6.07. The van der Waals surface area contributed by atoms with Gasteiger partial charge in [-0.3, -0.25) is 4.79 Å². The lowest BCUT2D eigenvalue weighted by molar-refractivity contribution is -0.120. The van der Waals surface area contributed by atoms with Gasteiger partial charge in [0.1, 0.15) is 0 Å². The Morgan fingerprint density at radius 1 is 0.917 bits per heavy atom. The van der Waals surface area contributed by atoms with Gasteiger partial charge >= 0.3 is 0 Å². The molecule has 1 heterocycles. The van der Waals surface area contributed by atoms with Gasteiger partial charge in [0, 0.05) is 25.0 Å². The van der Waals surface area contributed by atoms with Crippen molar-refractivity contribution in [3.8, 4) is 11.5 Å². The van der Waals surface area contributed by atoms with E-state index < -0.39 is 0 Å². The molecule has 0 radical (unpaired) electrons. The van der Waals surface area contributed by atoms with Crippen molar-refractivity contribution in [2.45, 2.75) is 96.3 Å². The van der Waals surface area contributed by atoms with Crippen LogP contribution < -0.4 is 5.32 Å². The lowest BCUT2D eigenvalue weighted by Crippen LogP contribution is -2.33. The molecule has 0 spiro atoms. The Labute approximate surface area is 216 Å². The summed E-state index contributed by atoms with van der Waals surface area (Å²) in [6.07, 6.45) is 9.47. The van der Waals surface area contributed by atoms with Crippen molar-refractivity contribution < 1.29 is 10.6 Å². The Hall–Kier alpha value is -2.95. The van der Waals surface area contributed by atoms with E-state index in [9.17, 15) is 4.79 Å². The van der Waals surface area contributed by atoms with E-state index in [1.807, 2.05) is 12.1 Å². The highest BCUT2D eigenvalue weighted by Gasteiger charge is 2.37. The van der Waals surface area contributed by atoms with Crippen LogP contribution in [-0.2, 0) is 28.5 Å². The monoisotopic (exact) mass is 487 g/mol. The zero-order valence-corrected chi connectivity index (χ0v) is 22.2. The Morgan fingerprint density at radius 2 is 1.61 bits per heavy atom. The van der Waals surface area contributed by atoms with Crippen molar-refractivity contribution in [2.75, 3.05) is 5.32 Å². The number of nitrogens with zero attached hydrogens (tertiary/aromatic N) is 2. The molecule has 5 nitrogen and oxygen atoms in total. The summed E-state index contributed by atoms with van der Waals surface area (Å²) in [5.74, 6) is 1.57. The second-order valence-corrected chi connectivity index (χ2v) is 12.1. The standard InChI is InChI=1S/C31H39N3O2.H2/c1-30(2)18-19-31(3,4)26-20-23(13-16-25(26)30)29-34-33-27(36-29)17-12-21-10-14-24(15-11-21)32-28(35)22-8-6-5-7-9-22;/h10-11,13-16,20,22H,5-9,12,17-19H2,1-4H3,(H,32,35);1H. The number of carbonyl (C=O) groups is 1.